The van der Waals surface area contributed by atoms with E-state index >= 15 is 0 Å². The maximum Gasteiger partial charge on any atom is 0.272 e. The number of ether oxygens (including phenoxy) is 4. The highest BCUT2D eigenvalue weighted by Gasteiger charge is 2.26. The van der Waals surface area contributed by atoms with E-state index in [1.807, 2.05) is 91.0 Å². The molecule has 1 aromatic heterocycles. The summed E-state index contributed by atoms with van der Waals surface area (Å²) in [5.74, 6) is 1.83. The normalized spacial score (nSPS) is 15.0. The second-order valence-electron chi connectivity index (χ2n) is 9.70. The lowest BCUT2D eigenvalue weighted by molar-refractivity contribution is 0.0956. The van der Waals surface area contributed by atoms with Crippen LogP contribution >= 0.6 is 0 Å². The average molecular weight is 560 g/mol. The number of hydrogen-bond donors (Lipinski definition) is 1. The van der Waals surface area contributed by atoms with Crippen LogP contribution in [0.5, 0.6) is 23.0 Å². The minimum absolute atomic E-state index is 0.217. The summed E-state index contributed by atoms with van der Waals surface area (Å²) in [6.07, 6.45) is 0.292. The van der Waals surface area contributed by atoms with Gasteiger partial charge in [-0.2, -0.15) is 5.10 Å². The first-order chi connectivity index (χ1) is 20.6. The van der Waals surface area contributed by atoms with Crippen molar-refractivity contribution < 1.29 is 23.7 Å². The highest BCUT2D eigenvalue weighted by atomic mass is 16.5. The van der Waals surface area contributed by atoms with Crippen LogP contribution in [0.3, 0.4) is 0 Å². The second kappa shape index (κ2) is 11.6. The van der Waals surface area contributed by atoms with Gasteiger partial charge in [-0.3, -0.25) is 4.79 Å². The monoisotopic (exact) mass is 559 g/mol. The fourth-order valence-corrected chi connectivity index (χ4v) is 5.17. The molecule has 4 aromatic carbocycles. The van der Waals surface area contributed by atoms with Crippen LogP contribution in [0.4, 0.5) is 0 Å². The van der Waals surface area contributed by atoms with E-state index in [9.17, 15) is 4.79 Å². The van der Waals surface area contributed by atoms with Gasteiger partial charge >= 0.3 is 0 Å². The molecule has 5 aromatic rings. The molecule has 0 aliphatic carbocycles. The number of benzene rings is 4. The molecule has 1 N–H and O–H groups in total. The molecule has 0 fully saturated rings. The number of nitrogens with zero attached hydrogens (tertiary/aromatic N) is 2. The van der Waals surface area contributed by atoms with E-state index in [1.165, 1.54) is 0 Å². The number of pyridine rings is 1. The topological polar surface area (TPSA) is 91.3 Å². The minimum Gasteiger partial charge on any atom is -0.493 e. The maximum absolute atomic E-state index is 13.7. The zero-order chi connectivity index (χ0) is 29.1. The summed E-state index contributed by atoms with van der Waals surface area (Å²) in [5.41, 5.74) is 7.83. The predicted molar refractivity (Wildman–Crippen MR) is 162 cm³/mol. The number of amides is 1. The van der Waals surface area contributed by atoms with E-state index in [-0.39, 0.29) is 12.0 Å². The molecule has 6 rings (SSSR count). The molecule has 1 unspecified atom stereocenters. The summed E-state index contributed by atoms with van der Waals surface area (Å²) in [7, 11) is 4.67. The fourth-order valence-electron chi connectivity index (χ4n) is 5.17. The van der Waals surface area contributed by atoms with Gasteiger partial charge in [0, 0.05) is 22.9 Å². The highest BCUT2D eigenvalue weighted by molar-refractivity contribution is 6.09. The van der Waals surface area contributed by atoms with Crippen molar-refractivity contribution in [3.05, 3.63) is 114 Å². The van der Waals surface area contributed by atoms with Gasteiger partial charge in [0.2, 0.25) is 5.75 Å². The predicted octanol–water partition coefficient (Wildman–Crippen LogP) is 6.59. The summed E-state index contributed by atoms with van der Waals surface area (Å²) in [4.78, 5) is 18.6. The Bertz CT molecular complexity index is 1780. The molecule has 0 radical (unpaired) electrons. The van der Waals surface area contributed by atoms with E-state index in [0.29, 0.717) is 51.4 Å². The third kappa shape index (κ3) is 5.10. The van der Waals surface area contributed by atoms with Crippen LogP contribution in [0.15, 0.2) is 102 Å². The number of hydrogen-bond acceptors (Lipinski definition) is 7. The Morgan fingerprint density at radius 1 is 0.857 bits per heavy atom. The molecule has 210 valence electrons. The van der Waals surface area contributed by atoms with Crippen LogP contribution in [0.25, 0.3) is 22.2 Å². The lowest BCUT2D eigenvalue weighted by Gasteiger charge is -2.27. The first-order valence-electron chi connectivity index (χ1n) is 13.5. The minimum atomic E-state index is -0.352. The quantitative estimate of drug-likeness (QED) is 0.226. The zero-order valence-electron chi connectivity index (χ0n) is 23.5. The van der Waals surface area contributed by atoms with Crippen molar-refractivity contribution >= 4 is 22.5 Å². The van der Waals surface area contributed by atoms with E-state index < -0.39 is 0 Å². The van der Waals surface area contributed by atoms with Gasteiger partial charge in [-0.1, -0.05) is 60.7 Å². The van der Waals surface area contributed by atoms with Gasteiger partial charge in [-0.25, -0.2) is 10.4 Å². The second-order valence-corrected chi connectivity index (χ2v) is 9.70. The van der Waals surface area contributed by atoms with Crippen LogP contribution in [-0.4, -0.2) is 37.9 Å². The summed E-state index contributed by atoms with van der Waals surface area (Å²) in [6, 6.07) is 30.6. The number of para-hydroxylation sites is 2. The smallest absolute Gasteiger partial charge is 0.272 e. The van der Waals surface area contributed by atoms with Crippen molar-refractivity contribution in [2.45, 2.75) is 12.5 Å². The Morgan fingerprint density at radius 3 is 2.29 bits per heavy atom. The van der Waals surface area contributed by atoms with E-state index in [1.54, 1.807) is 27.4 Å². The first kappa shape index (κ1) is 26.8. The number of rotatable bonds is 7. The van der Waals surface area contributed by atoms with Crippen LogP contribution in [-0.2, 0) is 0 Å². The number of aromatic nitrogens is 1. The van der Waals surface area contributed by atoms with Gasteiger partial charge in [-0.15, -0.1) is 0 Å². The first-order valence-corrected chi connectivity index (χ1v) is 13.5. The molecule has 0 bridgehead atoms. The number of carbonyl (C=O) groups excluding carboxylic acids is 1. The Morgan fingerprint density at radius 2 is 1.55 bits per heavy atom. The molecular formula is C34H29N3O5. The van der Waals surface area contributed by atoms with Crippen molar-refractivity contribution in [1.29, 1.82) is 0 Å². The number of methoxy groups -OCH3 is 3. The maximum atomic E-state index is 13.7. The number of carbonyl (C=O) groups is 1. The van der Waals surface area contributed by atoms with E-state index in [0.717, 1.165) is 22.6 Å². The summed E-state index contributed by atoms with van der Waals surface area (Å²) in [5, 5.41) is 5.33. The SMILES string of the molecule is COc1cc(-c2cc(C(=O)N/N=C3\CC(c4ccccc4)Oc4ccccc43)c3ccccc3n2)cc(OC)c1OC. The molecular weight excluding hydrogens is 530 g/mol. The Kier molecular flexibility index (Phi) is 7.43. The summed E-state index contributed by atoms with van der Waals surface area (Å²) >= 11 is 0. The van der Waals surface area contributed by atoms with Crippen LogP contribution in [0.1, 0.15) is 34.0 Å². The molecule has 0 spiro atoms. The molecule has 42 heavy (non-hydrogen) atoms. The average Bonchev–Trinajstić information content (AvgIpc) is 3.05. The highest BCUT2D eigenvalue weighted by Crippen LogP contribution is 2.41. The zero-order valence-corrected chi connectivity index (χ0v) is 23.5. The van der Waals surface area contributed by atoms with E-state index in [4.69, 9.17) is 23.9 Å². The Balaban J connectivity index is 1.38. The molecule has 1 aliphatic rings. The Labute approximate surface area is 243 Å². The number of hydrazone groups is 1. The summed E-state index contributed by atoms with van der Waals surface area (Å²) < 4.78 is 22.8. The molecule has 1 aliphatic heterocycles. The third-order valence-electron chi connectivity index (χ3n) is 7.23. The molecule has 1 atom stereocenters. The van der Waals surface area contributed by atoms with Crippen LogP contribution in [0.2, 0.25) is 0 Å². The fraction of sp³-hybridized carbons (Fsp3) is 0.147. The molecule has 1 amide bonds. The lowest BCUT2D eigenvalue weighted by Crippen LogP contribution is -2.25. The van der Waals surface area contributed by atoms with Gasteiger partial charge in [0.05, 0.1) is 43.8 Å². The largest absolute Gasteiger partial charge is 0.493 e. The van der Waals surface area contributed by atoms with Gasteiger partial charge in [0.15, 0.2) is 11.5 Å². The van der Waals surface area contributed by atoms with Crippen molar-refractivity contribution in [2.24, 2.45) is 5.10 Å². The number of fused-ring (bicyclic) bond motifs is 2. The van der Waals surface area contributed by atoms with Crippen LogP contribution in [0, 0.1) is 0 Å². The van der Waals surface area contributed by atoms with Crippen molar-refractivity contribution in [1.82, 2.24) is 10.4 Å². The molecule has 8 nitrogen and oxygen atoms in total. The van der Waals surface area contributed by atoms with Gasteiger partial charge in [0.25, 0.3) is 5.91 Å². The van der Waals surface area contributed by atoms with Crippen molar-refractivity contribution in [2.75, 3.05) is 21.3 Å². The van der Waals surface area contributed by atoms with Crippen LogP contribution < -0.4 is 24.4 Å². The number of nitrogens with one attached hydrogen (secondary N) is 1. The van der Waals surface area contributed by atoms with Crippen molar-refractivity contribution in [3.63, 3.8) is 0 Å². The van der Waals surface area contributed by atoms with E-state index in [2.05, 4.69) is 10.5 Å². The van der Waals surface area contributed by atoms with Crippen molar-refractivity contribution in [3.8, 4) is 34.3 Å². The molecule has 2 heterocycles. The molecule has 8 heteroatoms. The van der Waals surface area contributed by atoms with Gasteiger partial charge in [0.1, 0.15) is 11.9 Å². The van der Waals surface area contributed by atoms with Gasteiger partial charge < -0.3 is 18.9 Å². The summed E-state index contributed by atoms with van der Waals surface area (Å²) in [6.45, 7) is 0. The van der Waals surface area contributed by atoms with Gasteiger partial charge in [-0.05, 0) is 42.0 Å². The standard InChI is InChI=1S/C34H29N3O5/c1-39-31-17-22(18-32(40-2)33(31)41-3)27-19-25(23-13-7-9-15-26(23)35-27)34(38)37-36-28-20-30(21-11-5-4-6-12-21)42-29-16-10-8-14-24(28)29/h4-19,30H,20H2,1-3H3,(H,37,38)/b36-28+. The molecule has 0 saturated heterocycles. The lowest BCUT2D eigenvalue weighted by atomic mass is 9.96. The third-order valence-corrected chi connectivity index (χ3v) is 7.23. The molecule has 0 saturated carbocycles. The Hall–Kier alpha value is -5.37.